The minimum atomic E-state index is 0.101. The predicted molar refractivity (Wildman–Crippen MR) is 88.0 cm³/mol. The lowest BCUT2D eigenvalue weighted by Crippen LogP contribution is -2.31. The Morgan fingerprint density at radius 3 is 2.90 bits per heavy atom. The molecule has 0 bridgehead atoms. The number of rotatable bonds is 2. The molecule has 2 aromatic rings. The fourth-order valence-corrected chi connectivity index (χ4v) is 3.33. The molecule has 0 amide bonds. The molecule has 5 heteroatoms. The van der Waals surface area contributed by atoms with Crippen molar-refractivity contribution in [1.29, 1.82) is 0 Å². The molecular formula is C15H15N3S2. The van der Waals surface area contributed by atoms with Gasteiger partial charge in [-0.3, -0.25) is 0 Å². The van der Waals surface area contributed by atoms with E-state index in [4.69, 9.17) is 18.0 Å². The van der Waals surface area contributed by atoms with Crippen molar-refractivity contribution in [2.75, 3.05) is 0 Å². The van der Waals surface area contributed by atoms with E-state index in [1.54, 1.807) is 16.3 Å². The number of hydrogen-bond donors (Lipinski definition) is 1. The van der Waals surface area contributed by atoms with Crippen LogP contribution in [0.4, 0.5) is 0 Å². The Balaban J connectivity index is 1.95. The zero-order valence-electron chi connectivity index (χ0n) is 11.1. The molecule has 102 valence electrons. The molecular weight excluding hydrogens is 286 g/mol. The van der Waals surface area contributed by atoms with Crippen LogP contribution in [-0.4, -0.2) is 15.8 Å². The van der Waals surface area contributed by atoms with Gasteiger partial charge in [-0.05, 0) is 36.2 Å². The van der Waals surface area contributed by atoms with Crippen molar-refractivity contribution >= 4 is 34.4 Å². The minimum Gasteiger partial charge on any atom is -0.375 e. The van der Waals surface area contributed by atoms with Crippen LogP contribution in [0.3, 0.4) is 0 Å². The minimum absolute atomic E-state index is 0.101. The maximum absolute atomic E-state index is 5.83. The molecule has 0 radical (unpaired) electrons. The average Bonchev–Trinajstić information content (AvgIpc) is 3.08. The van der Waals surface area contributed by atoms with Gasteiger partial charge in [-0.1, -0.05) is 35.9 Å². The zero-order valence-corrected chi connectivity index (χ0v) is 12.7. The van der Waals surface area contributed by atoms with Gasteiger partial charge < -0.3 is 5.73 Å². The number of nitrogens with two attached hydrogens (primary N) is 1. The van der Waals surface area contributed by atoms with E-state index in [0.29, 0.717) is 5.11 Å². The first-order valence-electron chi connectivity index (χ1n) is 6.42. The molecule has 1 atom stereocenters. The lowest BCUT2D eigenvalue weighted by molar-refractivity contribution is 0.372. The summed E-state index contributed by atoms with van der Waals surface area (Å²) in [5, 5.41) is 8.76. The smallest absolute Gasteiger partial charge is 0.187 e. The first kappa shape index (κ1) is 13.3. The quantitative estimate of drug-likeness (QED) is 0.864. The van der Waals surface area contributed by atoms with Crippen molar-refractivity contribution in [3.05, 3.63) is 57.8 Å². The lowest BCUT2D eigenvalue weighted by atomic mass is 10.00. The number of hydrazone groups is 1. The third kappa shape index (κ3) is 2.46. The lowest BCUT2D eigenvalue weighted by Gasteiger charge is -2.22. The van der Waals surface area contributed by atoms with Crippen molar-refractivity contribution in [2.24, 2.45) is 10.8 Å². The topological polar surface area (TPSA) is 41.6 Å². The van der Waals surface area contributed by atoms with Crippen molar-refractivity contribution in [1.82, 2.24) is 5.01 Å². The Bertz CT molecular complexity index is 662. The summed E-state index contributed by atoms with van der Waals surface area (Å²) in [4.78, 5) is 1.18. The van der Waals surface area contributed by atoms with Crippen LogP contribution >= 0.6 is 23.6 Å². The Hall–Kier alpha value is -1.72. The SMILES string of the molecule is Cc1cccc([C@H]2CC(c3cccs3)=NN2C(N)=S)c1. The number of aryl methyl sites for hydroxylation is 1. The van der Waals surface area contributed by atoms with Gasteiger partial charge in [0.05, 0.1) is 16.6 Å². The summed E-state index contributed by atoms with van der Waals surface area (Å²) in [5.41, 5.74) is 9.32. The molecule has 0 unspecified atom stereocenters. The molecule has 1 aromatic heterocycles. The van der Waals surface area contributed by atoms with E-state index in [1.165, 1.54) is 16.0 Å². The second-order valence-corrected chi connectivity index (χ2v) is 6.21. The third-order valence-corrected chi connectivity index (χ3v) is 4.47. The average molecular weight is 301 g/mol. The van der Waals surface area contributed by atoms with E-state index in [0.717, 1.165) is 12.1 Å². The highest BCUT2D eigenvalue weighted by Gasteiger charge is 2.30. The van der Waals surface area contributed by atoms with Gasteiger partial charge in [0.2, 0.25) is 0 Å². The molecule has 3 nitrogen and oxygen atoms in total. The molecule has 0 spiro atoms. The van der Waals surface area contributed by atoms with Gasteiger partial charge in [-0.2, -0.15) is 5.10 Å². The van der Waals surface area contributed by atoms with Crippen molar-refractivity contribution in [2.45, 2.75) is 19.4 Å². The molecule has 0 aliphatic carbocycles. The van der Waals surface area contributed by atoms with E-state index in [-0.39, 0.29) is 6.04 Å². The Kier molecular flexibility index (Phi) is 3.54. The normalized spacial score (nSPS) is 18.1. The number of nitrogens with zero attached hydrogens (tertiary/aromatic N) is 2. The molecule has 1 aliphatic rings. The molecule has 0 saturated carbocycles. The summed E-state index contributed by atoms with van der Waals surface area (Å²) in [5.74, 6) is 0. The van der Waals surface area contributed by atoms with Crippen molar-refractivity contribution < 1.29 is 0 Å². The summed E-state index contributed by atoms with van der Waals surface area (Å²) < 4.78 is 0. The van der Waals surface area contributed by atoms with E-state index in [2.05, 4.69) is 47.7 Å². The fraction of sp³-hybridized carbons (Fsp3) is 0.200. The maximum Gasteiger partial charge on any atom is 0.187 e. The monoisotopic (exact) mass is 301 g/mol. The summed E-state index contributed by atoms with van der Waals surface area (Å²) in [7, 11) is 0. The van der Waals surface area contributed by atoms with Crippen LogP contribution < -0.4 is 5.73 Å². The third-order valence-electron chi connectivity index (χ3n) is 3.37. The second-order valence-electron chi connectivity index (χ2n) is 4.84. The molecule has 1 aromatic carbocycles. The van der Waals surface area contributed by atoms with Crippen molar-refractivity contribution in [3.63, 3.8) is 0 Å². The molecule has 1 aliphatic heterocycles. The highest BCUT2D eigenvalue weighted by Crippen LogP contribution is 2.33. The van der Waals surface area contributed by atoms with Crippen LogP contribution in [0.5, 0.6) is 0 Å². The van der Waals surface area contributed by atoms with Gasteiger partial charge in [0.15, 0.2) is 5.11 Å². The second kappa shape index (κ2) is 5.34. The van der Waals surface area contributed by atoms with Gasteiger partial charge in [0.1, 0.15) is 0 Å². The Morgan fingerprint density at radius 2 is 2.25 bits per heavy atom. The first-order chi connectivity index (χ1) is 9.65. The number of hydrogen-bond acceptors (Lipinski definition) is 3. The number of thiophene rings is 1. The fourth-order valence-electron chi connectivity index (χ4n) is 2.44. The van der Waals surface area contributed by atoms with Crippen LogP contribution in [0.15, 0.2) is 46.9 Å². The van der Waals surface area contributed by atoms with Gasteiger partial charge in [0, 0.05) is 6.42 Å². The highest BCUT2D eigenvalue weighted by atomic mass is 32.1. The van der Waals surface area contributed by atoms with Crippen LogP contribution in [0.2, 0.25) is 0 Å². The highest BCUT2D eigenvalue weighted by molar-refractivity contribution is 7.80. The van der Waals surface area contributed by atoms with E-state index >= 15 is 0 Å². The molecule has 0 saturated heterocycles. The summed E-state index contributed by atoms with van der Waals surface area (Å²) >= 11 is 6.84. The summed E-state index contributed by atoms with van der Waals surface area (Å²) in [6.45, 7) is 2.09. The van der Waals surface area contributed by atoms with Crippen LogP contribution in [-0.2, 0) is 0 Å². The molecule has 2 heterocycles. The Morgan fingerprint density at radius 1 is 1.40 bits per heavy atom. The van der Waals surface area contributed by atoms with E-state index < -0.39 is 0 Å². The molecule has 3 rings (SSSR count). The van der Waals surface area contributed by atoms with Gasteiger partial charge in [-0.15, -0.1) is 11.3 Å². The standard InChI is InChI=1S/C15H15N3S2/c1-10-4-2-5-11(8-10)13-9-12(14-6-3-7-20-14)17-18(13)15(16)19/h2-8,13H,9H2,1H3,(H2,16,19)/t13-/m1/s1. The van der Waals surface area contributed by atoms with Crippen LogP contribution in [0.1, 0.15) is 28.5 Å². The maximum atomic E-state index is 5.83. The number of thiocarbonyl (C=S) groups is 1. The summed E-state index contributed by atoms with van der Waals surface area (Å²) in [6, 6.07) is 12.6. The van der Waals surface area contributed by atoms with E-state index in [1.807, 2.05) is 6.07 Å². The Labute approximate surface area is 127 Å². The molecule has 0 fully saturated rings. The summed E-state index contributed by atoms with van der Waals surface area (Å²) in [6.07, 6.45) is 0.835. The van der Waals surface area contributed by atoms with Crippen molar-refractivity contribution in [3.8, 4) is 0 Å². The molecule has 20 heavy (non-hydrogen) atoms. The van der Waals surface area contributed by atoms with Gasteiger partial charge >= 0.3 is 0 Å². The first-order valence-corrected chi connectivity index (χ1v) is 7.70. The van der Waals surface area contributed by atoms with Crippen LogP contribution in [0, 0.1) is 6.92 Å². The molecule has 2 N–H and O–H groups in total. The predicted octanol–water partition coefficient (Wildman–Crippen LogP) is 3.45. The van der Waals surface area contributed by atoms with Crippen LogP contribution in [0.25, 0.3) is 0 Å². The number of benzene rings is 1. The van der Waals surface area contributed by atoms with E-state index in [9.17, 15) is 0 Å². The van der Waals surface area contributed by atoms with Gasteiger partial charge in [-0.25, -0.2) is 5.01 Å². The largest absolute Gasteiger partial charge is 0.375 e. The zero-order chi connectivity index (χ0) is 14.1. The van der Waals surface area contributed by atoms with Gasteiger partial charge in [0.25, 0.3) is 0 Å².